The molecule has 2 rings (SSSR count). The number of rotatable bonds is 8. The quantitative estimate of drug-likeness (QED) is 0.724. The molecule has 0 aliphatic carbocycles. The topological polar surface area (TPSA) is 69.0 Å². The summed E-state index contributed by atoms with van der Waals surface area (Å²) in [5, 5.41) is 19.5. The van der Waals surface area contributed by atoms with E-state index in [1.165, 1.54) is 5.56 Å². The smallest absolute Gasteiger partial charge is 0.145 e. The first-order chi connectivity index (χ1) is 12.1. The fraction of sp³-hybridized carbons (Fsp3) is 0.400. The minimum atomic E-state index is -0.178. The summed E-state index contributed by atoms with van der Waals surface area (Å²) in [5.41, 5.74) is 4.03. The van der Waals surface area contributed by atoms with Gasteiger partial charge in [-0.1, -0.05) is 38.1 Å². The van der Waals surface area contributed by atoms with Gasteiger partial charge in [-0.25, -0.2) is 0 Å². The standard InChI is InChI=1S/C20H27N3O2/c1-4-23(5-2)13-17-8-6-16(7-9-17)10-21-12-19-18(14-24)11-22-15(3)20(19)25/h6-9,11-12,24-25H,4-5,10,13-14H2,1-3H3. The first-order valence-electron chi connectivity index (χ1n) is 8.67. The summed E-state index contributed by atoms with van der Waals surface area (Å²) in [6.07, 6.45) is 3.18. The predicted octanol–water partition coefficient (Wildman–Crippen LogP) is 3.05. The number of hydrogen-bond acceptors (Lipinski definition) is 5. The summed E-state index contributed by atoms with van der Waals surface area (Å²) in [6, 6.07) is 8.44. The number of benzene rings is 1. The molecule has 0 bridgehead atoms. The van der Waals surface area contributed by atoms with E-state index in [4.69, 9.17) is 0 Å². The third-order valence-corrected chi connectivity index (χ3v) is 4.35. The molecule has 2 aromatic rings. The Morgan fingerprint density at radius 2 is 1.76 bits per heavy atom. The molecule has 0 saturated carbocycles. The van der Waals surface area contributed by atoms with Crippen molar-refractivity contribution in [3.63, 3.8) is 0 Å². The van der Waals surface area contributed by atoms with Crippen molar-refractivity contribution >= 4 is 6.21 Å². The molecule has 0 amide bonds. The summed E-state index contributed by atoms with van der Waals surface area (Å²) in [6.45, 7) is 9.46. The first kappa shape index (κ1) is 19.1. The van der Waals surface area contributed by atoms with Gasteiger partial charge in [0.2, 0.25) is 0 Å². The van der Waals surface area contributed by atoms with Gasteiger partial charge < -0.3 is 10.2 Å². The number of aliphatic hydroxyl groups excluding tert-OH is 1. The molecule has 2 N–H and O–H groups in total. The minimum Gasteiger partial charge on any atom is -0.505 e. The van der Waals surface area contributed by atoms with Crippen molar-refractivity contribution in [2.24, 2.45) is 4.99 Å². The highest BCUT2D eigenvalue weighted by Crippen LogP contribution is 2.22. The Morgan fingerprint density at radius 3 is 2.36 bits per heavy atom. The van der Waals surface area contributed by atoms with Gasteiger partial charge in [-0.05, 0) is 31.1 Å². The second kappa shape index (κ2) is 9.30. The van der Waals surface area contributed by atoms with Gasteiger partial charge in [-0.3, -0.25) is 14.9 Å². The molecule has 0 fully saturated rings. The molecule has 0 aliphatic heterocycles. The van der Waals surface area contributed by atoms with Gasteiger partial charge in [0.05, 0.1) is 18.8 Å². The van der Waals surface area contributed by atoms with E-state index in [9.17, 15) is 10.2 Å². The zero-order chi connectivity index (χ0) is 18.2. The number of aromatic nitrogens is 1. The van der Waals surface area contributed by atoms with Crippen molar-refractivity contribution in [3.8, 4) is 5.75 Å². The Hall–Kier alpha value is -2.24. The van der Waals surface area contributed by atoms with Crippen molar-refractivity contribution in [2.75, 3.05) is 13.1 Å². The molecule has 0 atom stereocenters. The third-order valence-electron chi connectivity index (χ3n) is 4.35. The number of aliphatic hydroxyl groups is 1. The second-order valence-corrected chi connectivity index (χ2v) is 6.04. The summed E-state index contributed by atoms with van der Waals surface area (Å²) < 4.78 is 0. The van der Waals surface area contributed by atoms with Crippen LogP contribution in [0.5, 0.6) is 5.75 Å². The van der Waals surface area contributed by atoms with Crippen LogP contribution in [-0.4, -0.2) is 39.4 Å². The van der Waals surface area contributed by atoms with Crippen LogP contribution in [-0.2, 0) is 19.7 Å². The average molecular weight is 341 g/mol. The normalized spacial score (nSPS) is 11.6. The molecule has 1 heterocycles. The molecular formula is C20H27N3O2. The molecular weight excluding hydrogens is 314 g/mol. The maximum absolute atomic E-state index is 10.1. The number of aryl methyl sites for hydroxylation is 1. The number of aromatic hydroxyl groups is 1. The molecule has 0 radical (unpaired) electrons. The number of hydrogen-bond donors (Lipinski definition) is 2. The van der Waals surface area contributed by atoms with Gasteiger partial charge >= 0.3 is 0 Å². The van der Waals surface area contributed by atoms with Crippen LogP contribution in [0.1, 0.15) is 41.8 Å². The van der Waals surface area contributed by atoms with E-state index in [2.05, 4.69) is 53.0 Å². The molecule has 1 aromatic carbocycles. The molecule has 0 saturated heterocycles. The number of aliphatic imine (C=N–C) groups is 1. The van der Waals surface area contributed by atoms with Crippen LogP contribution in [0.25, 0.3) is 0 Å². The van der Waals surface area contributed by atoms with Crippen molar-refractivity contribution in [1.82, 2.24) is 9.88 Å². The largest absolute Gasteiger partial charge is 0.505 e. The van der Waals surface area contributed by atoms with Gasteiger partial charge in [-0.2, -0.15) is 0 Å². The molecule has 134 valence electrons. The van der Waals surface area contributed by atoms with Crippen LogP contribution < -0.4 is 0 Å². The maximum atomic E-state index is 10.1. The van der Waals surface area contributed by atoms with Crippen LogP contribution in [0.2, 0.25) is 0 Å². The van der Waals surface area contributed by atoms with Crippen molar-refractivity contribution in [1.29, 1.82) is 0 Å². The van der Waals surface area contributed by atoms with E-state index in [0.29, 0.717) is 23.4 Å². The molecule has 25 heavy (non-hydrogen) atoms. The Balaban J connectivity index is 2.04. The van der Waals surface area contributed by atoms with Gasteiger partial charge in [-0.15, -0.1) is 0 Å². The SMILES string of the molecule is CCN(CC)Cc1ccc(CN=Cc2c(CO)cnc(C)c2O)cc1. The van der Waals surface area contributed by atoms with E-state index in [-0.39, 0.29) is 12.4 Å². The zero-order valence-electron chi connectivity index (χ0n) is 15.2. The Bertz CT molecular complexity index is 708. The number of pyridine rings is 1. The molecule has 1 aromatic heterocycles. The first-order valence-corrected chi connectivity index (χ1v) is 8.67. The van der Waals surface area contributed by atoms with E-state index < -0.39 is 0 Å². The molecule has 0 unspecified atom stereocenters. The molecule has 0 spiro atoms. The van der Waals surface area contributed by atoms with Crippen LogP contribution in [0.15, 0.2) is 35.5 Å². The lowest BCUT2D eigenvalue weighted by molar-refractivity contribution is 0.280. The lowest BCUT2D eigenvalue weighted by Gasteiger charge is -2.17. The third kappa shape index (κ3) is 5.11. The molecule has 5 nitrogen and oxygen atoms in total. The highest BCUT2D eigenvalue weighted by Gasteiger charge is 2.09. The highest BCUT2D eigenvalue weighted by atomic mass is 16.3. The summed E-state index contributed by atoms with van der Waals surface area (Å²) in [4.78, 5) is 10.8. The summed E-state index contributed by atoms with van der Waals surface area (Å²) >= 11 is 0. The van der Waals surface area contributed by atoms with Crippen molar-refractivity contribution < 1.29 is 10.2 Å². The Morgan fingerprint density at radius 1 is 1.12 bits per heavy atom. The summed E-state index contributed by atoms with van der Waals surface area (Å²) in [5.74, 6) is 0.0740. The molecule has 0 aliphatic rings. The Kier molecular flexibility index (Phi) is 7.10. The lowest BCUT2D eigenvalue weighted by atomic mass is 10.1. The van der Waals surface area contributed by atoms with Gasteiger partial charge in [0.15, 0.2) is 0 Å². The fourth-order valence-electron chi connectivity index (χ4n) is 2.62. The van der Waals surface area contributed by atoms with E-state index >= 15 is 0 Å². The van der Waals surface area contributed by atoms with Gasteiger partial charge in [0.25, 0.3) is 0 Å². The van der Waals surface area contributed by atoms with E-state index in [1.807, 2.05) is 0 Å². The monoisotopic (exact) mass is 341 g/mol. The Labute approximate surface area is 149 Å². The van der Waals surface area contributed by atoms with Gasteiger partial charge in [0, 0.05) is 30.1 Å². The number of nitrogens with zero attached hydrogens (tertiary/aromatic N) is 3. The van der Waals surface area contributed by atoms with Crippen LogP contribution in [0.3, 0.4) is 0 Å². The maximum Gasteiger partial charge on any atom is 0.145 e. The van der Waals surface area contributed by atoms with E-state index in [0.717, 1.165) is 25.2 Å². The van der Waals surface area contributed by atoms with Gasteiger partial charge in [0.1, 0.15) is 5.75 Å². The van der Waals surface area contributed by atoms with Crippen molar-refractivity contribution in [2.45, 2.75) is 40.5 Å². The predicted molar refractivity (Wildman–Crippen MR) is 101 cm³/mol. The molecule has 5 heteroatoms. The summed E-state index contributed by atoms with van der Waals surface area (Å²) in [7, 11) is 0. The van der Waals surface area contributed by atoms with Crippen LogP contribution in [0.4, 0.5) is 0 Å². The zero-order valence-corrected chi connectivity index (χ0v) is 15.2. The minimum absolute atomic E-state index is 0.0740. The van der Waals surface area contributed by atoms with Crippen molar-refractivity contribution in [3.05, 3.63) is 58.4 Å². The van der Waals surface area contributed by atoms with Crippen LogP contribution in [0, 0.1) is 6.92 Å². The van der Waals surface area contributed by atoms with Crippen LogP contribution >= 0.6 is 0 Å². The highest BCUT2D eigenvalue weighted by molar-refractivity contribution is 5.85. The second-order valence-electron chi connectivity index (χ2n) is 6.04. The van der Waals surface area contributed by atoms with E-state index in [1.54, 1.807) is 19.3 Å². The lowest BCUT2D eigenvalue weighted by Crippen LogP contribution is -2.21. The fourth-order valence-corrected chi connectivity index (χ4v) is 2.62. The average Bonchev–Trinajstić information content (AvgIpc) is 2.64.